The number of nitrogens with one attached hydrogen (secondary N) is 2. The first-order valence-electron chi connectivity index (χ1n) is 7.10. The molecular formula is C15H19Cl3N2O2S. The number of carboxylic acids is 1. The lowest BCUT2D eigenvalue weighted by molar-refractivity contribution is -0.135. The minimum absolute atomic E-state index is 0.288. The van der Waals surface area contributed by atoms with Gasteiger partial charge >= 0.3 is 5.97 Å². The smallest absolute Gasteiger partial charge is 0.356 e. The van der Waals surface area contributed by atoms with Gasteiger partial charge in [0.1, 0.15) is 0 Å². The summed E-state index contributed by atoms with van der Waals surface area (Å²) in [4.78, 5) is 10.6. The number of hydrogen-bond donors (Lipinski definition) is 3. The van der Waals surface area contributed by atoms with E-state index in [1.165, 1.54) is 12.0 Å². The van der Waals surface area contributed by atoms with E-state index in [2.05, 4.69) is 41.8 Å². The zero-order chi connectivity index (χ0) is 17.5. The Morgan fingerprint density at radius 2 is 1.96 bits per heavy atom. The molecule has 0 aromatic heterocycles. The van der Waals surface area contributed by atoms with Crippen LogP contribution in [0.15, 0.2) is 30.3 Å². The molecule has 1 aliphatic rings. The van der Waals surface area contributed by atoms with Crippen LogP contribution in [0.25, 0.3) is 0 Å². The van der Waals surface area contributed by atoms with Crippen molar-refractivity contribution in [3.63, 3.8) is 0 Å². The summed E-state index contributed by atoms with van der Waals surface area (Å²) in [5.41, 5.74) is 1.28. The normalized spacial score (nSPS) is 18.5. The SMILES string of the molecule is C[C@@H](NC(=S)[C@@H]1CCCN1)c1ccccc1.O=C(O)C(Cl)(Cl)Cl. The van der Waals surface area contributed by atoms with Crippen LogP contribution in [0, 0.1) is 0 Å². The Bertz CT molecular complexity index is 517. The Balaban J connectivity index is 0.000000322. The minimum Gasteiger partial charge on any atom is -0.478 e. The number of rotatable bonds is 3. The van der Waals surface area contributed by atoms with E-state index in [4.69, 9.17) is 52.1 Å². The largest absolute Gasteiger partial charge is 0.478 e. The molecule has 0 aliphatic carbocycles. The molecule has 1 fully saturated rings. The van der Waals surface area contributed by atoms with Crippen LogP contribution in [0.4, 0.5) is 0 Å². The maximum absolute atomic E-state index is 9.62. The molecule has 2 rings (SSSR count). The van der Waals surface area contributed by atoms with E-state index in [0.717, 1.165) is 18.0 Å². The molecule has 3 N–H and O–H groups in total. The summed E-state index contributed by atoms with van der Waals surface area (Å²) in [5, 5.41) is 14.7. The molecule has 1 aromatic rings. The van der Waals surface area contributed by atoms with Crippen molar-refractivity contribution in [3.8, 4) is 0 Å². The summed E-state index contributed by atoms with van der Waals surface area (Å²) in [7, 11) is 0. The van der Waals surface area contributed by atoms with Gasteiger partial charge < -0.3 is 15.7 Å². The number of carboxylic acid groups (broad SMARTS) is 1. The molecule has 128 valence electrons. The van der Waals surface area contributed by atoms with Crippen LogP contribution >= 0.6 is 47.0 Å². The van der Waals surface area contributed by atoms with Gasteiger partial charge in [-0.05, 0) is 31.9 Å². The second-order valence-corrected chi connectivity index (χ2v) is 7.81. The van der Waals surface area contributed by atoms with E-state index in [9.17, 15) is 4.79 Å². The predicted molar refractivity (Wildman–Crippen MR) is 99.5 cm³/mol. The summed E-state index contributed by atoms with van der Waals surface area (Å²) in [6.45, 7) is 3.24. The highest BCUT2D eigenvalue weighted by Gasteiger charge is 2.29. The predicted octanol–water partition coefficient (Wildman–Crippen LogP) is 3.86. The fourth-order valence-electron chi connectivity index (χ4n) is 2.05. The molecule has 0 radical (unpaired) electrons. The quantitative estimate of drug-likeness (QED) is 0.534. The molecule has 0 spiro atoms. The Kier molecular flexibility index (Phi) is 8.58. The highest BCUT2D eigenvalue weighted by atomic mass is 35.6. The van der Waals surface area contributed by atoms with Gasteiger partial charge in [-0.25, -0.2) is 4.79 Å². The van der Waals surface area contributed by atoms with Crippen LogP contribution in [0.1, 0.15) is 31.4 Å². The first kappa shape index (κ1) is 20.5. The van der Waals surface area contributed by atoms with E-state index < -0.39 is 9.76 Å². The lowest BCUT2D eigenvalue weighted by atomic mass is 10.1. The van der Waals surface area contributed by atoms with Gasteiger partial charge in [0.15, 0.2) is 0 Å². The van der Waals surface area contributed by atoms with Crippen LogP contribution in [0.5, 0.6) is 0 Å². The fraction of sp³-hybridized carbons (Fsp3) is 0.467. The number of aliphatic carboxylic acids is 1. The van der Waals surface area contributed by atoms with Crippen molar-refractivity contribution in [2.24, 2.45) is 0 Å². The summed E-state index contributed by atoms with van der Waals surface area (Å²) in [6, 6.07) is 11.1. The third kappa shape index (κ3) is 7.68. The van der Waals surface area contributed by atoms with E-state index in [1.807, 2.05) is 6.07 Å². The molecule has 1 aliphatic heterocycles. The van der Waals surface area contributed by atoms with Crippen molar-refractivity contribution in [1.29, 1.82) is 0 Å². The molecule has 4 nitrogen and oxygen atoms in total. The van der Waals surface area contributed by atoms with Gasteiger partial charge in [-0.2, -0.15) is 0 Å². The van der Waals surface area contributed by atoms with Gasteiger partial charge in [-0.3, -0.25) is 0 Å². The average molecular weight is 398 g/mol. The van der Waals surface area contributed by atoms with Gasteiger partial charge in [0, 0.05) is 6.04 Å². The van der Waals surface area contributed by atoms with E-state index in [-0.39, 0.29) is 6.04 Å². The summed E-state index contributed by atoms with van der Waals surface area (Å²) >= 11 is 19.8. The van der Waals surface area contributed by atoms with Crippen molar-refractivity contribution < 1.29 is 9.90 Å². The molecule has 1 saturated heterocycles. The second-order valence-electron chi connectivity index (χ2n) is 5.09. The van der Waals surface area contributed by atoms with Crippen molar-refractivity contribution in [1.82, 2.24) is 10.6 Å². The van der Waals surface area contributed by atoms with E-state index in [0.29, 0.717) is 6.04 Å². The van der Waals surface area contributed by atoms with Crippen LogP contribution in [-0.4, -0.2) is 32.4 Å². The van der Waals surface area contributed by atoms with Crippen LogP contribution in [0.3, 0.4) is 0 Å². The Morgan fingerprint density at radius 3 is 2.39 bits per heavy atom. The zero-order valence-electron chi connectivity index (χ0n) is 12.6. The average Bonchev–Trinajstić information content (AvgIpc) is 3.02. The topological polar surface area (TPSA) is 61.4 Å². The highest BCUT2D eigenvalue weighted by molar-refractivity contribution is 7.80. The maximum Gasteiger partial charge on any atom is 0.356 e. The lowest BCUT2D eigenvalue weighted by Gasteiger charge is -2.20. The third-order valence-corrected chi connectivity index (χ3v) is 4.17. The van der Waals surface area contributed by atoms with Gasteiger partial charge in [0.05, 0.1) is 11.0 Å². The van der Waals surface area contributed by atoms with Crippen LogP contribution in [-0.2, 0) is 4.79 Å². The summed E-state index contributed by atoms with van der Waals surface area (Å²) in [5.74, 6) is -1.46. The monoisotopic (exact) mass is 396 g/mol. The van der Waals surface area contributed by atoms with E-state index >= 15 is 0 Å². The first-order chi connectivity index (χ1) is 10.7. The standard InChI is InChI=1S/C13H18N2S.C2HCl3O2/c1-10(11-6-3-2-4-7-11)15-13(16)12-8-5-9-14-12;3-2(4,5)1(6)7/h2-4,6-7,10,12,14H,5,8-9H2,1H3,(H,15,16);(H,6,7)/t10-,12+;/m1./s1. The van der Waals surface area contributed by atoms with Gasteiger partial charge in [0.25, 0.3) is 3.79 Å². The maximum atomic E-state index is 9.62. The van der Waals surface area contributed by atoms with Crippen LogP contribution in [0.2, 0.25) is 0 Å². The minimum atomic E-state index is -2.17. The lowest BCUT2D eigenvalue weighted by Crippen LogP contribution is -2.40. The van der Waals surface area contributed by atoms with E-state index in [1.54, 1.807) is 0 Å². The molecule has 2 atom stereocenters. The summed E-state index contributed by atoms with van der Waals surface area (Å²) < 4.78 is -2.17. The van der Waals surface area contributed by atoms with Crippen molar-refractivity contribution >= 4 is 58.0 Å². The number of alkyl halides is 3. The molecule has 1 aromatic carbocycles. The number of carbonyl (C=O) groups is 1. The summed E-state index contributed by atoms with van der Waals surface area (Å²) in [6.07, 6.45) is 2.39. The molecule has 0 bridgehead atoms. The Morgan fingerprint density at radius 1 is 1.39 bits per heavy atom. The van der Waals surface area contributed by atoms with Crippen LogP contribution < -0.4 is 10.6 Å². The molecule has 8 heteroatoms. The van der Waals surface area contributed by atoms with Gasteiger partial charge in [-0.15, -0.1) is 0 Å². The van der Waals surface area contributed by atoms with Gasteiger partial charge in [-0.1, -0.05) is 77.4 Å². The van der Waals surface area contributed by atoms with Crippen molar-refractivity contribution in [2.75, 3.05) is 6.54 Å². The molecule has 0 amide bonds. The fourth-order valence-corrected chi connectivity index (χ4v) is 2.43. The molecule has 0 unspecified atom stereocenters. The second kappa shape index (κ2) is 9.64. The number of hydrogen-bond acceptors (Lipinski definition) is 3. The molecule has 1 heterocycles. The highest BCUT2D eigenvalue weighted by Crippen LogP contribution is 2.25. The van der Waals surface area contributed by atoms with Gasteiger partial charge in [0.2, 0.25) is 0 Å². The molecule has 23 heavy (non-hydrogen) atoms. The Labute approximate surface area is 156 Å². The number of halogens is 3. The first-order valence-corrected chi connectivity index (χ1v) is 8.65. The number of thiocarbonyl (C=S) groups is 1. The molecule has 0 saturated carbocycles. The van der Waals surface area contributed by atoms with Crippen molar-refractivity contribution in [3.05, 3.63) is 35.9 Å². The zero-order valence-corrected chi connectivity index (χ0v) is 15.6. The Hall–Kier alpha value is -0.590. The molecular weight excluding hydrogens is 379 g/mol. The number of benzene rings is 1. The third-order valence-electron chi connectivity index (χ3n) is 3.28. The van der Waals surface area contributed by atoms with Crippen molar-refractivity contribution in [2.45, 2.75) is 35.6 Å².